The van der Waals surface area contributed by atoms with E-state index < -0.39 is 5.97 Å². The second kappa shape index (κ2) is 8.64. The molecule has 7 nitrogen and oxygen atoms in total. The molecule has 0 atom stereocenters. The van der Waals surface area contributed by atoms with Gasteiger partial charge in [-0.25, -0.2) is 9.78 Å². The summed E-state index contributed by atoms with van der Waals surface area (Å²) in [5, 5.41) is 5.29. The molecule has 0 N–H and O–H groups in total. The molecular weight excluding hydrogens is 424 g/mol. The smallest absolute Gasteiger partial charge is 0.337 e. The number of fused-ring (bicyclic) bond motifs is 1. The van der Waals surface area contributed by atoms with Crippen LogP contribution in [0.3, 0.4) is 0 Å². The summed E-state index contributed by atoms with van der Waals surface area (Å²) in [6.45, 7) is 0.874. The van der Waals surface area contributed by atoms with Gasteiger partial charge in [0.1, 0.15) is 5.52 Å². The van der Waals surface area contributed by atoms with Crippen LogP contribution in [-0.2, 0) is 11.3 Å². The molecule has 0 aliphatic carbocycles. The summed E-state index contributed by atoms with van der Waals surface area (Å²) >= 11 is 7.67. The highest BCUT2D eigenvalue weighted by atomic mass is 35.5. The number of nitrogens with zero attached hydrogens (tertiary/aromatic N) is 4. The van der Waals surface area contributed by atoms with Crippen LogP contribution in [0.4, 0.5) is 5.13 Å². The van der Waals surface area contributed by atoms with Gasteiger partial charge < -0.3 is 4.74 Å². The van der Waals surface area contributed by atoms with Crippen LogP contribution in [0, 0.1) is 0 Å². The molecule has 2 heterocycles. The van der Waals surface area contributed by atoms with Crippen molar-refractivity contribution >= 4 is 50.2 Å². The third-order valence-electron chi connectivity index (χ3n) is 4.50. The van der Waals surface area contributed by atoms with Crippen molar-refractivity contribution in [2.24, 2.45) is 0 Å². The Morgan fingerprint density at radius 2 is 1.90 bits per heavy atom. The van der Waals surface area contributed by atoms with Crippen molar-refractivity contribution in [3.05, 3.63) is 77.1 Å². The molecule has 0 saturated heterocycles. The number of methoxy groups -OCH3 is 1. The first-order valence-electron chi connectivity index (χ1n) is 9.09. The lowest BCUT2D eigenvalue weighted by Crippen LogP contribution is -2.34. The Bertz CT molecular complexity index is 1190. The fourth-order valence-corrected chi connectivity index (χ4v) is 4.25. The number of carbonyl (C=O) groups excluding carboxylic acids is 2. The van der Waals surface area contributed by atoms with Crippen molar-refractivity contribution in [2.75, 3.05) is 18.6 Å². The first-order valence-corrected chi connectivity index (χ1v) is 10.3. The standard InChI is InChI=1S/C21H17ClN4O3S/c1-29-20(28)15-8-6-14(7-9-15)19(27)26(13-12-25-11-3-10-23-25)21-24-18-16(22)4-2-5-17(18)30-21/h2-11H,12-13H2,1H3. The number of aromatic nitrogens is 3. The summed E-state index contributed by atoms with van der Waals surface area (Å²) in [6, 6.07) is 13.7. The highest BCUT2D eigenvalue weighted by Crippen LogP contribution is 2.33. The summed E-state index contributed by atoms with van der Waals surface area (Å²) in [5.41, 5.74) is 1.48. The van der Waals surface area contributed by atoms with Gasteiger partial charge in [-0.05, 0) is 42.5 Å². The molecule has 4 aromatic rings. The summed E-state index contributed by atoms with van der Waals surface area (Å²) in [6.07, 6.45) is 3.53. The van der Waals surface area contributed by atoms with Gasteiger partial charge >= 0.3 is 5.97 Å². The summed E-state index contributed by atoms with van der Waals surface area (Å²) < 4.78 is 7.36. The Hall–Kier alpha value is -3.23. The van der Waals surface area contributed by atoms with Gasteiger partial charge in [-0.15, -0.1) is 0 Å². The predicted octanol–water partition coefficient (Wildman–Crippen LogP) is 4.28. The lowest BCUT2D eigenvalue weighted by atomic mass is 10.1. The Labute approximate surface area is 181 Å². The minimum atomic E-state index is -0.453. The molecule has 152 valence electrons. The van der Waals surface area contributed by atoms with Gasteiger partial charge in [-0.2, -0.15) is 5.10 Å². The van der Waals surface area contributed by atoms with Gasteiger partial charge in [0.15, 0.2) is 5.13 Å². The van der Waals surface area contributed by atoms with Gasteiger partial charge in [-0.1, -0.05) is 29.0 Å². The molecule has 0 bridgehead atoms. The van der Waals surface area contributed by atoms with Crippen molar-refractivity contribution in [1.29, 1.82) is 0 Å². The van der Waals surface area contributed by atoms with Crippen LogP contribution in [0.15, 0.2) is 60.9 Å². The van der Waals surface area contributed by atoms with Crippen LogP contribution in [0.1, 0.15) is 20.7 Å². The molecule has 0 spiro atoms. The van der Waals surface area contributed by atoms with Gasteiger partial charge in [-0.3, -0.25) is 14.4 Å². The zero-order valence-corrected chi connectivity index (χ0v) is 17.6. The molecule has 1 amide bonds. The van der Waals surface area contributed by atoms with E-state index in [9.17, 15) is 9.59 Å². The normalized spacial score (nSPS) is 10.9. The monoisotopic (exact) mass is 440 g/mol. The summed E-state index contributed by atoms with van der Waals surface area (Å²) in [5.74, 6) is -0.681. The first kappa shape index (κ1) is 20.1. The fourth-order valence-electron chi connectivity index (χ4n) is 2.96. The molecule has 0 aliphatic heterocycles. The van der Waals surface area contributed by atoms with E-state index >= 15 is 0 Å². The van der Waals surface area contributed by atoms with E-state index in [0.29, 0.717) is 39.9 Å². The topological polar surface area (TPSA) is 77.3 Å². The molecule has 30 heavy (non-hydrogen) atoms. The molecule has 9 heteroatoms. The maximum atomic E-state index is 13.3. The minimum absolute atomic E-state index is 0.228. The van der Waals surface area contributed by atoms with Gasteiger partial charge in [0.2, 0.25) is 0 Å². The average Bonchev–Trinajstić information content (AvgIpc) is 3.44. The van der Waals surface area contributed by atoms with Gasteiger partial charge in [0.05, 0.1) is 28.9 Å². The van der Waals surface area contributed by atoms with Crippen molar-refractivity contribution in [3.8, 4) is 0 Å². The van der Waals surface area contributed by atoms with Gasteiger partial charge in [0, 0.05) is 24.5 Å². The highest BCUT2D eigenvalue weighted by Gasteiger charge is 2.22. The van der Waals surface area contributed by atoms with E-state index in [-0.39, 0.29) is 5.91 Å². The van der Waals surface area contributed by atoms with Crippen LogP contribution in [0.2, 0.25) is 5.02 Å². The SMILES string of the molecule is COC(=O)c1ccc(C(=O)N(CCn2cccn2)c2nc3c(Cl)cccc3s2)cc1. The molecule has 0 fully saturated rings. The number of hydrogen-bond acceptors (Lipinski definition) is 6. The quantitative estimate of drug-likeness (QED) is 0.418. The number of hydrogen-bond donors (Lipinski definition) is 0. The molecule has 2 aromatic carbocycles. The third kappa shape index (κ3) is 4.05. The van der Waals surface area contributed by atoms with Crippen LogP contribution < -0.4 is 4.90 Å². The van der Waals surface area contributed by atoms with E-state index in [2.05, 4.69) is 10.1 Å². The number of ether oxygens (including phenoxy) is 1. The van der Waals surface area contributed by atoms with Crippen molar-refractivity contribution in [1.82, 2.24) is 14.8 Å². The number of thiazole rings is 1. The van der Waals surface area contributed by atoms with Crippen molar-refractivity contribution in [3.63, 3.8) is 0 Å². The summed E-state index contributed by atoms with van der Waals surface area (Å²) in [7, 11) is 1.32. The fraction of sp³-hybridized carbons (Fsp3) is 0.143. The van der Waals surface area contributed by atoms with E-state index in [4.69, 9.17) is 16.3 Å². The third-order valence-corrected chi connectivity index (χ3v) is 5.85. The van der Waals surface area contributed by atoms with Gasteiger partial charge in [0.25, 0.3) is 5.91 Å². The molecule has 2 aromatic heterocycles. The van der Waals surface area contributed by atoms with Crippen LogP contribution in [0.25, 0.3) is 10.2 Å². The van der Waals surface area contributed by atoms with E-state index in [1.807, 2.05) is 24.4 Å². The van der Waals surface area contributed by atoms with Crippen molar-refractivity contribution in [2.45, 2.75) is 6.54 Å². The van der Waals surface area contributed by atoms with Crippen LogP contribution in [-0.4, -0.2) is 40.3 Å². The number of amides is 1. The Kier molecular flexibility index (Phi) is 5.78. The average molecular weight is 441 g/mol. The number of carbonyl (C=O) groups is 2. The number of esters is 1. The molecule has 0 saturated carbocycles. The Balaban J connectivity index is 1.67. The lowest BCUT2D eigenvalue weighted by Gasteiger charge is -2.20. The first-order chi connectivity index (χ1) is 14.6. The second-order valence-corrected chi connectivity index (χ2v) is 7.79. The zero-order valence-electron chi connectivity index (χ0n) is 16.0. The van der Waals surface area contributed by atoms with E-state index in [1.54, 1.807) is 46.1 Å². The Morgan fingerprint density at radius 3 is 2.57 bits per heavy atom. The minimum Gasteiger partial charge on any atom is -0.465 e. The van der Waals surface area contributed by atoms with Crippen LogP contribution >= 0.6 is 22.9 Å². The number of benzene rings is 2. The van der Waals surface area contributed by atoms with Crippen molar-refractivity contribution < 1.29 is 14.3 Å². The molecule has 0 radical (unpaired) electrons. The number of para-hydroxylation sites is 1. The largest absolute Gasteiger partial charge is 0.465 e. The van der Waals surface area contributed by atoms with E-state index in [0.717, 1.165) is 4.70 Å². The number of halogens is 1. The lowest BCUT2D eigenvalue weighted by molar-refractivity contribution is 0.0600. The predicted molar refractivity (Wildman–Crippen MR) is 116 cm³/mol. The maximum Gasteiger partial charge on any atom is 0.337 e. The Morgan fingerprint density at radius 1 is 1.13 bits per heavy atom. The van der Waals surface area contributed by atoms with Crippen LogP contribution in [0.5, 0.6) is 0 Å². The van der Waals surface area contributed by atoms with E-state index in [1.165, 1.54) is 18.4 Å². The zero-order chi connectivity index (χ0) is 21.1. The maximum absolute atomic E-state index is 13.3. The number of anilines is 1. The molecule has 4 rings (SSSR count). The number of rotatable bonds is 6. The highest BCUT2D eigenvalue weighted by molar-refractivity contribution is 7.22. The summed E-state index contributed by atoms with van der Waals surface area (Å²) in [4.78, 5) is 31.2. The molecular formula is C21H17ClN4O3S. The second-order valence-electron chi connectivity index (χ2n) is 6.38. The molecule has 0 aliphatic rings. The molecule has 0 unspecified atom stereocenters.